The molecule has 0 bridgehead atoms. The van der Waals surface area contributed by atoms with E-state index in [1.807, 2.05) is 35.2 Å². The molecular weight excluding hydrogens is 398 g/mol. The van der Waals surface area contributed by atoms with Crippen molar-refractivity contribution in [3.63, 3.8) is 0 Å². The van der Waals surface area contributed by atoms with E-state index >= 15 is 0 Å². The minimum Gasteiger partial charge on any atom is -0.358 e. The molecule has 9 heteroatoms. The number of thiophene rings is 1. The summed E-state index contributed by atoms with van der Waals surface area (Å²) in [6, 6.07) is 13.2. The average molecular weight is 416 g/mol. The summed E-state index contributed by atoms with van der Waals surface area (Å²) in [5.41, 5.74) is 1.15. The number of thiocarbonyl (C=S) groups is 1. The van der Waals surface area contributed by atoms with Gasteiger partial charge in [0.2, 0.25) is 0 Å². The van der Waals surface area contributed by atoms with Gasteiger partial charge in [0, 0.05) is 32.7 Å². The van der Waals surface area contributed by atoms with Gasteiger partial charge in [0.1, 0.15) is 4.21 Å². The van der Waals surface area contributed by atoms with Gasteiger partial charge in [-0.1, -0.05) is 41.9 Å². The molecule has 3 rings (SSSR count). The highest BCUT2D eigenvalue weighted by molar-refractivity contribution is 7.91. The molecule has 0 aliphatic carbocycles. The average Bonchev–Trinajstić information content (AvgIpc) is 3.08. The minimum absolute atomic E-state index is 0.288. The van der Waals surface area contributed by atoms with Gasteiger partial charge < -0.3 is 10.2 Å². The van der Waals surface area contributed by atoms with Crippen LogP contribution in [-0.4, -0.2) is 48.9 Å². The first-order valence-electron chi connectivity index (χ1n) is 7.79. The standard InChI is InChI=1S/C16H18ClN3O2S3/c17-14-6-7-15(24-14)25(21,22)20-10-8-19(9-11-20)16(23)18-12-13-4-2-1-3-5-13/h1-7H,8-12H2,(H,18,23). The number of halogens is 1. The number of hydrogen-bond acceptors (Lipinski definition) is 4. The summed E-state index contributed by atoms with van der Waals surface area (Å²) in [5.74, 6) is 0. The Morgan fingerprint density at radius 2 is 1.80 bits per heavy atom. The Labute approximate surface area is 162 Å². The highest BCUT2D eigenvalue weighted by Crippen LogP contribution is 2.28. The minimum atomic E-state index is -3.47. The molecule has 2 aromatic rings. The molecule has 1 fully saturated rings. The number of piperazine rings is 1. The second-order valence-electron chi connectivity index (χ2n) is 5.59. The molecule has 0 spiro atoms. The molecule has 2 heterocycles. The molecular formula is C16H18ClN3O2S3. The quantitative estimate of drug-likeness (QED) is 0.778. The summed E-state index contributed by atoms with van der Waals surface area (Å²) in [4.78, 5) is 2.01. The Hall–Kier alpha value is -1.19. The molecule has 1 aromatic carbocycles. The van der Waals surface area contributed by atoms with Crippen LogP contribution in [0.5, 0.6) is 0 Å². The Morgan fingerprint density at radius 3 is 2.40 bits per heavy atom. The molecule has 1 aliphatic rings. The van der Waals surface area contributed by atoms with Crippen molar-refractivity contribution < 1.29 is 8.42 Å². The normalized spacial score (nSPS) is 16.0. The Balaban J connectivity index is 1.54. The number of sulfonamides is 1. The van der Waals surface area contributed by atoms with Crippen LogP contribution in [0.2, 0.25) is 4.34 Å². The molecule has 1 saturated heterocycles. The van der Waals surface area contributed by atoms with Crippen LogP contribution >= 0.6 is 35.2 Å². The predicted molar refractivity (Wildman–Crippen MR) is 106 cm³/mol. The number of rotatable bonds is 4. The SMILES string of the molecule is O=S(=O)(c1ccc(Cl)s1)N1CCN(C(=S)NCc2ccccc2)CC1. The van der Waals surface area contributed by atoms with Crippen molar-refractivity contribution in [3.8, 4) is 0 Å². The first-order chi connectivity index (χ1) is 12.0. The predicted octanol–water partition coefficient (Wildman–Crippen LogP) is 2.78. The van der Waals surface area contributed by atoms with Crippen LogP contribution < -0.4 is 5.32 Å². The molecule has 1 N–H and O–H groups in total. The van der Waals surface area contributed by atoms with E-state index in [0.29, 0.717) is 42.2 Å². The van der Waals surface area contributed by atoms with Crippen molar-refractivity contribution >= 4 is 50.3 Å². The molecule has 1 aromatic heterocycles. The van der Waals surface area contributed by atoms with Crippen LogP contribution in [0.15, 0.2) is 46.7 Å². The molecule has 0 amide bonds. The fourth-order valence-electron chi connectivity index (χ4n) is 2.58. The maximum absolute atomic E-state index is 12.6. The summed E-state index contributed by atoms with van der Waals surface area (Å²) >= 11 is 12.4. The van der Waals surface area contributed by atoms with E-state index in [9.17, 15) is 8.42 Å². The molecule has 25 heavy (non-hydrogen) atoms. The first-order valence-corrected chi connectivity index (χ1v) is 10.8. The van der Waals surface area contributed by atoms with Crippen LogP contribution in [0.3, 0.4) is 0 Å². The second-order valence-corrected chi connectivity index (χ2v) is 9.86. The first kappa shape index (κ1) is 18.6. The van der Waals surface area contributed by atoms with Crippen molar-refractivity contribution in [2.24, 2.45) is 0 Å². The van der Waals surface area contributed by atoms with Gasteiger partial charge in [-0.15, -0.1) is 11.3 Å². The van der Waals surface area contributed by atoms with Gasteiger partial charge >= 0.3 is 0 Å². The van der Waals surface area contributed by atoms with Crippen molar-refractivity contribution in [2.75, 3.05) is 26.2 Å². The van der Waals surface area contributed by atoms with E-state index in [1.165, 1.54) is 4.31 Å². The summed E-state index contributed by atoms with van der Waals surface area (Å²) in [5, 5.41) is 3.88. The van der Waals surface area contributed by atoms with Gasteiger partial charge in [0.05, 0.1) is 4.34 Å². The Morgan fingerprint density at radius 1 is 1.12 bits per heavy atom. The van der Waals surface area contributed by atoms with Crippen molar-refractivity contribution in [1.82, 2.24) is 14.5 Å². The molecule has 0 saturated carbocycles. The van der Waals surface area contributed by atoms with Crippen molar-refractivity contribution in [2.45, 2.75) is 10.8 Å². The Kier molecular flexibility index (Phi) is 5.96. The summed E-state index contributed by atoms with van der Waals surface area (Å²) in [7, 11) is -3.47. The van der Waals surface area contributed by atoms with Crippen LogP contribution in [0.1, 0.15) is 5.56 Å². The highest BCUT2D eigenvalue weighted by Gasteiger charge is 2.30. The fraction of sp³-hybridized carbons (Fsp3) is 0.312. The van der Waals surface area contributed by atoms with E-state index in [2.05, 4.69) is 5.32 Å². The molecule has 0 radical (unpaired) electrons. The topological polar surface area (TPSA) is 52.7 Å². The van der Waals surface area contributed by atoms with E-state index in [1.54, 1.807) is 12.1 Å². The zero-order valence-electron chi connectivity index (χ0n) is 13.4. The van der Waals surface area contributed by atoms with Crippen LogP contribution in [0.4, 0.5) is 0 Å². The third-order valence-corrected chi connectivity index (χ3v) is 7.95. The zero-order chi connectivity index (χ0) is 17.9. The third kappa shape index (κ3) is 4.51. The molecule has 1 aliphatic heterocycles. The lowest BCUT2D eigenvalue weighted by Gasteiger charge is -2.35. The zero-order valence-corrected chi connectivity index (χ0v) is 16.6. The van der Waals surface area contributed by atoms with Crippen LogP contribution in [0.25, 0.3) is 0 Å². The van der Waals surface area contributed by atoms with Gasteiger partial charge in [-0.05, 0) is 29.9 Å². The Bertz CT molecular complexity index is 831. The number of nitrogens with zero attached hydrogens (tertiary/aromatic N) is 2. The third-order valence-electron chi connectivity index (χ3n) is 3.96. The lowest BCUT2D eigenvalue weighted by atomic mass is 10.2. The van der Waals surface area contributed by atoms with Gasteiger partial charge in [0.25, 0.3) is 10.0 Å². The largest absolute Gasteiger partial charge is 0.358 e. The van der Waals surface area contributed by atoms with Gasteiger partial charge in [-0.25, -0.2) is 8.42 Å². The maximum Gasteiger partial charge on any atom is 0.252 e. The van der Waals surface area contributed by atoms with E-state index in [-0.39, 0.29) is 4.21 Å². The summed E-state index contributed by atoms with van der Waals surface area (Å²) in [6.07, 6.45) is 0. The lowest BCUT2D eigenvalue weighted by Crippen LogP contribution is -2.52. The fourth-order valence-corrected chi connectivity index (χ4v) is 5.89. The van der Waals surface area contributed by atoms with Crippen molar-refractivity contribution in [3.05, 3.63) is 52.4 Å². The number of nitrogens with one attached hydrogen (secondary N) is 1. The van der Waals surface area contributed by atoms with Gasteiger partial charge in [-0.3, -0.25) is 0 Å². The van der Waals surface area contributed by atoms with Crippen LogP contribution in [0, 0.1) is 0 Å². The molecule has 0 unspecified atom stereocenters. The van der Waals surface area contributed by atoms with E-state index < -0.39 is 10.0 Å². The molecule has 5 nitrogen and oxygen atoms in total. The molecule has 0 atom stereocenters. The monoisotopic (exact) mass is 415 g/mol. The maximum atomic E-state index is 12.6. The van der Waals surface area contributed by atoms with E-state index in [0.717, 1.165) is 16.9 Å². The summed E-state index contributed by atoms with van der Waals surface area (Å²) < 4.78 is 27.5. The number of hydrogen-bond donors (Lipinski definition) is 1. The van der Waals surface area contributed by atoms with Gasteiger partial charge in [0.15, 0.2) is 5.11 Å². The van der Waals surface area contributed by atoms with E-state index in [4.69, 9.17) is 23.8 Å². The second kappa shape index (κ2) is 8.01. The highest BCUT2D eigenvalue weighted by atomic mass is 35.5. The number of benzene rings is 1. The smallest absolute Gasteiger partial charge is 0.252 e. The molecule has 134 valence electrons. The van der Waals surface area contributed by atoms with Crippen molar-refractivity contribution in [1.29, 1.82) is 0 Å². The lowest BCUT2D eigenvalue weighted by molar-refractivity contribution is 0.264. The summed E-state index contributed by atoms with van der Waals surface area (Å²) in [6.45, 7) is 2.61. The van der Waals surface area contributed by atoms with Crippen LogP contribution in [-0.2, 0) is 16.6 Å². The van der Waals surface area contributed by atoms with Gasteiger partial charge in [-0.2, -0.15) is 4.31 Å².